The molecule has 21 heavy (non-hydrogen) atoms. The first-order valence-electron chi connectivity index (χ1n) is 6.93. The Morgan fingerprint density at radius 1 is 1.43 bits per heavy atom. The van der Waals surface area contributed by atoms with E-state index in [0.29, 0.717) is 31.5 Å². The van der Waals surface area contributed by atoms with E-state index >= 15 is 0 Å². The fraction of sp³-hybridized carbons (Fsp3) is 0.467. The molecule has 2 unspecified atom stereocenters. The van der Waals surface area contributed by atoms with Gasteiger partial charge in [-0.25, -0.2) is 4.79 Å². The second-order valence-electron chi connectivity index (χ2n) is 5.10. The fourth-order valence-electron chi connectivity index (χ4n) is 2.68. The summed E-state index contributed by atoms with van der Waals surface area (Å²) in [5.41, 5.74) is 6.93. The van der Waals surface area contributed by atoms with E-state index in [0.717, 1.165) is 5.56 Å². The number of hydrogen-bond donors (Lipinski definition) is 2. The molecule has 0 spiro atoms. The Bertz CT molecular complexity index is 532. The van der Waals surface area contributed by atoms with Gasteiger partial charge in [-0.15, -0.1) is 0 Å². The summed E-state index contributed by atoms with van der Waals surface area (Å²) < 4.78 is 5.21. The van der Waals surface area contributed by atoms with E-state index in [1.807, 2.05) is 12.1 Å². The summed E-state index contributed by atoms with van der Waals surface area (Å²) in [6, 6.07) is 6.34. The highest BCUT2D eigenvalue weighted by Crippen LogP contribution is 2.24. The zero-order valence-corrected chi connectivity index (χ0v) is 12.0. The maximum Gasteiger partial charge on any atom is 0.326 e. The normalized spacial score (nSPS) is 21.5. The zero-order chi connectivity index (χ0) is 15.4. The maximum absolute atomic E-state index is 12.7. The van der Waals surface area contributed by atoms with Crippen LogP contribution in [0.25, 0.3) is 0 Å². The monoisotopic (exact) mass is 292 g/mol. The van der Waals surface area contributed by atoms with E-state index in [4.69, 9.17) is 10.5 Å². The highest BCUT2D eigenvalue weighted by Gasteiger charge is 2.40. The Balaban J connectivity index is 2.28. The maximum atomic E-state index is 12.7. The SMILES string of the molecule is COC1CC(C(=O)O)N(C(=O)c2ccccc2CCN)C1. The van der Waals surface area contributed by atoms with Crippen LogP contribution in [-0.4, -0.2) is 54.2 Å². The lowest BCUT2D eigenvalue weighted by molar-refractivity contribution is -0.141. The molecule has 1 fully saturated rings. The Labute approximate surface area is 123 Å². The summed E-state index contributed by atoms with van der Waals surface area (Å²) in [6.45, 7) is 0.733. The van der Waals surface area contributed by atoms with Crippen molar-refractivity contribution in [3.63, 3.8) is 0 Å². The van der Waals surface area contributed by atoms with Crippen molar-refractivity contribution in [3.05, 3.63) is 35.4 Å². The molecule has 1 amide bonds. The van der Waals surface area contributed by atoms with E-state index in [1.165, 1.54) is 12.0 Å². The number of carboxylic acid groups (broad SMARTS) is 1. The summed E-state index contributed by atoms with van der Waals surface area (Å²) in [7, 11) is 1.53. The topological polar surface area (TPSA) is 92.9 Å². The van der Waals surface area contributed by atoms with Crippen LogP contribution in [0.15, 0.2) is 24.3 Å². The molecule has 2 atom stereocenters. The molecule has 1 aromatic carbocycles. The van der Waals surface area contributed by atoms with E-state index < -0.39 is 12.0 Å². The summed E-state index contributed by atoms with van der Waals surface area (Å²) in [5, 5.41) is 9.30. The van der Waals surface area contributed by atoms with Crippen LogP contribution in [0.1, 0.15) is 22.3 Å². The van der Waals surface area contributed by atoms with Gasteiger partial charge in [0, 0.05) is 25.6 Å². The molecule has 3 N–H and O–H groups in total. The van der Waals surface area contributed by atoms with Gasteiger partial charge in [0.1, 0.15) is 6.04 Å². The molecule has 0 aliphatic carbocycles. The lowest BCUT2D eigenvalue weighted by atomic mass is 10.0. The Kier molecular flexibility index (Phi) is 4.93. The molecule has 1 aromatic rings. The number of methoxy groups -OCH3 is 1. The van der Waals surface area contributed by atoms with Crippen molar-refractivity contribution in [1.29, 1.82) is 0 Å². The molecule has 0 bridgehead atoms. The van der Waals surface area contributed by atoms with Gasteiger partial charge in [0.05, 0.1) is 6.10 Å². The Hall–Kier alpha value is -1.92. The van der Waals surface area contributed by atoms with Crippen LogP contribution in [0.3, 0.4) is 0 Å². The average molecular weight is 292 g/mol. The largest absolute Gasteiger partial charge is 0.480 e. The smallest absolute Gasteiger partial charge is 0.326 e. The Morgan fingerprint density at radius 3 is 2.76 bits per heavy atom. The van der Waals surface area contributed by atoms with Crippen molar-refractivity contribution < 1.29 is 19.4 Å². The summed E-state index contributed by atoms with van der Waals surface area (Å²) in [6.07, 6.45) is 0.661. The molecule has 114 valence electrons. The predicted octanol–water partition coefficient (Wildman–Crippen LogP) is 0.502. The highest BCUT2D eigenvalue weighted by molar-refractivity contribution is 5.98. The first-order valence-corrected chi connectivity index (χ1v) is 6.93. The lowest BCUT2D eigenvalue weighted by Gasteiger charge is -2.22. The number of likely N-dealkylation sites (tertiary alicyclic amines) is 1. The number of carbonyl (C=O) groups is 2. The quantitative estimate of drug-likeness (QED) is 0.824. The number of aliphatic carboxylic acids is 1. The number of nitrogens with two attached hydrogens (primary N) is 1. The van der Waals surface area contributed by atoms with Gasteiger partial charge >= 0.3 is 5.97 Å². The van der Waals surface area contributed by atoms with Crippen LogP contribution in [-0.2, 0) is 16.0 Å². The van der Waals surface area contributed by atoms with Crippen LogP contribution in [0.4, 0.5) is 0 Å². The number of carbonyl (C=O) groups excluding carboxylic acids is 1. The van der Waals surface area contributed by atoms with E-state index in [2.05, 4.69) is 0 Å². The number of carboxylic acids is 1. The van der Waals surface area contributed by atoms with E-state index in [-0.39, 0.29) is 12.0 Å². The number of rotatable bonds is 5. The molecule has 1 heterocycles. The van der Waals surface area contributed by atoms with Crippen LogP contribution in [0, 0.1) is 0 Å². The molecular formula is C15H20N2O4. The third-order valence-corrected chi connectivity index (χ3v) is 3.80. The van der Waals surface area contributed by atoms with E-state index in [1.54, 1.807) is 12.1 Å². The number of hydrogen-bond acceptors (Lipinski definition) is 4. The van der Waals surface area contributed by atoms with Crippen LogP contribution in [0.2, 0.25) is 0 Å². The molecule has 6 nitrogen and oxygen atoms in total. The summed E-state index contributed by atoms with van der Waals surface area (Å²) >= 11 is 0. The van der Waals surface area contributed by atoms with Crippen molar-refractivity contribution in [2.24, 2.45) is 5.73 Å². The molecule has 1 aliphatic heterocycles. The highest BCUT2D eigenvalue weighted by atomic mass is 16.5. The van der Waals surface area contributed by atoms with Gasteiger partial charge in [0.25, 0.3) is 5.91 Å². The van der Waals surface area contributed by atoms with Gasteiger partial charge in [-0.2, -0.15) is 0 Å². The number of ether oxygens (including phenoxy) is 1. The average Bonchev–Trinajstić information content (AvgIpc) is 2.92. The van der Waals surface area contributed by atoms with Crippen molar-refractivity contribution in [3.8, 4) is 0 Å². The summed E-state index contributed by atoms with van der Waals surface area (Å²) in [4.78, 5) is 25.4. The second kappa shape index (κ2) is 6.69. The minimum atomic E-state index is -1.00. The van der Waals surface area contributed by atoms with Gasteiger partial charge in [0.2, 0.25) is 0 Å². The first-order chi connectivity index (χ1) is 10.1. The van der Waals surface area contributed by atoms with Crippen molar-refractivity contribution in [2.75, 3.05) is 20.2 Å². The van der Waals surface area contributed by atoms with Gasteiger partial charge in [0.15, 0.2) is 0 Å². The van der Waals surface area contributed by atoms with Crippen LogP contribution >= 0.6 is 0 Å². The number of nitrogens with zero attached hydrogens (tertiary/aromatic N) is 1. The predicted molar refractivity (Wildman–Crippen MR) is 77.1 cm³/mol. The molecule has 0 saturated carbocycles. The van der Waals surface area contributed by atoms with Gasteiger partial charge in [-0.3, -0.25) is 4.79 Å². The molecule has 6 heteroatoms. The number of benzene rings is 1. The minimum absolute atomic E-state index is 0.239. The molecule has 2 rings (SSSR count). The molecule has 0 radical (unpaired) electrons. The minimum Gasteiger partial charge on any atom is -0.480 e. The van der Waals surface area contributed by atoms with Crippen LogP contribution in [0.5, 0.6) is 0 Å². The first kappa shape index (κ1) is 15.5. The van der Waals surface area contributed by atoms with E-state index in [9.17, 15) is 14.7 Å². The number of amides is 1. The van der Waals surface area contributed by atoms with Crippen molar-refractivity contribution >= 4 is 11.9 Å². The zero-order valence-electron chi connectivity index (χ0n) is 12.0. The molecular weight excluding hydrogens is 272 g/mol. The van der Waals surface area contributed by atoms with Crippen LogP contribution < -0.4 is 5.73 Å². The third-order valence-electron chi connectivity index (χ3n) is 3.80. The van der Waals surface area contributed by atoms with Crippen molar-refractivity contribution in [1.82, 2.24) is 4.90 Å². The Morgan fingerprint density at radius 2 is 2.14 bits per heavy atom. The molecule has 1 saturated heterocycles. The fourth-order valence-corrected chi connectivity index (χ4v) is 2.68. The molecule has 0 aromatic heterocycles. The van der Waals surface area contributed by atoms with Crippen molar-refractivity contribution in [2.45, 2.75) is 25.0 Å². The second-order valence-corrected chi connectivity index (χ2v) is 5.10. The van der Waals surface area contributed by atoms with Gasteiger partial charge in [-0.1, -0.05) is 18.2 Å². The van der Waals surface area contributed by atoms with Gasteiger partial charge in [-0.05, 0) is 24.6 Å². The summed E-state index contributed by atoms with van der Waals surface area (Å²) in [5.74, 6) is -1.27. The standard InChI is InChI=1S/C15H20N2O4/c1-21-11-8-13(15(19)20)17(9-11)14(18)12-5-3-2-4-10(12)6-7-16/h2-5,11,13H,6-9,16H2,1H3,(H,19,20). The third kappa shape index (κ3) is 3.22. The lowest BCUT2D eigenvalue weighted by Crippen LogP contribution is -2.41. The van der Waals surface area contributed by atoms with Gasteiger partial charge < -0.3 is 20.5 Å². The molecule has 1 aliphatic rings.